The molecular formula is C23H28N2O. The van der Waals surface area contributed by atoms with Gasteiger partial charge in [0, 0.05) is 6.54 Å². The Hall–Kier alpha value is -2.29. The second kappa shape index (κ2) is 6.46. The van der Waals surface area contributed by atoms with E-state index in [0.29, 0.717) is 11.3 Å². The van der Waals surface area contributed by atoms with Crippen LogP contribution in [-0.4, -0.2) is 9.13 Å². The fourth-order valence-electron chi connectivity index (χ4n) is 4.66. The van der Waals surface area contributed by atoms with Crippen LogP contribution in [0, 0.1) is 11.3 Å². The molecule has 1 aromatic heterocycles. The molecule has 1 heterocycles. The molecule has 3 aromatic rings. The van der Waals surface area contributed by atoms with Gasteiger partial charge in [0.15, 0.2) is 0 Å². The molecule has 26 heavy (non-hydrogen) atoms. The second-order valence-electron chi connectivity index (χ2n) is 8.61. The molecule has 0 radical (unpaired) electrons. The Morgan fingerprint density at radius 1 is 1.04 bits per heavy atom. The van der Waals surface area contributed by atoms with E-state index in [-0.39, 0.29) is 11.7 Å². The molecule has 2 unspecified atom stereocenters. The largest absolute Gasteiger partial charge is 0.329 e. The molecule has 0 aliphatic heterocycles. The van der Waals surface area contributed by atoms with Crippen molar-refractivity contribution in [3.8, 4) is 0 Å². The maximum absolute atomic E-state index is 13.4. The summed E-state index contributed by atoms with van der Waals surface area (Å²) in [5, 5.41) is 0. The summed E-state index contributed by atoms with van der Waals surface area (Å²) in [5.74, 6) is 0.592. The molecule has 1 fully saturated rings. The molecule has 2 aromatic carbocycles. The molecule has 136 valence electrons. The molecule has 2 atom stereocenters. The molecule has 0 spiro atoms. The molecule has 1 aliphatic rings. The van der Waals surface area contributed by atoms with E-state index in [1.807, 2.05) is 39.5 Å². The van der Waals surface area contributed by atoms with Crippen LogP contribution in [0.15, 0.2) is 59.4 Å². The summed E-state index contributed by atoms with van der Waals surface area (Å²) in [4.78, 5) is 13.4. The van der Waals surface area contributed by atoms with Crippen molar-refractivity contribution in [2.24, 2.45) is 11.3 Å². The third kappa shape index (κ3) is 3.00. The highest BCUT2D eigenvalue weighted by atomic mass is 16.1. The van der Waals surface area contributed by atoms with E-state index < -0.39 is 0 Å². The van der Waals surface area contributed by atoms with E-state index in [1.165, 1.54) is 24.8 Å². The van der Waals surface area contributed by atoms with Crippen LogP contribution >= 0.6 is 0 Å². The van der Waals surface area contributed by atoms with E-state index in [1.54, 1.807) is 0 Å². The number of para-hydroxylation sites is 2. The lowest BCUT2D eigenvalue weighted by atomic mass is 9.90. The number of hydrogen-bond acceptors (Lipinski definition) is 1. The van der Waals surface area contributed by atoms with E-state index in [2.05, 4.69) is 45.0 Å². The number of hydrogen-bond donors (Lipinski definition) is 0. The van der Waals surface area contributed by atoms with Crippen molar-refractivity contribution in [3.63, 3.8) is 0 Å². The third-order valence-corrected chi connectivity index (χ3v) is 6.05. The van der Waals surface area contributed by atoms with Crippen LogP contribution in [0.25, 0.3) is 11.0 Å². The van der Waals surface area contributed by atoms with Gasteiger partial charge >= 0.3 is 5.69 Å². The highest BCUT2D eigenvalue weighted by Gasteiger charge is 2.32. The lowest BCUT2D eigenvalue weighted by molar-refractivity contribution is 0.345. The first-order chi connectivity index (χ1) is 12.5. The van der Waals surface area contributed by atoms with Gasteiger partial charge in [-0.2, -0.15) is 0 Å². The van der Waals surface area contributed by atoms with Crippen LogP contribution in [0.3, 0.4) is 0 Å². The number of nitrogens with zero attached hydrogens (tertiary/aromatic N) is 2. The van der Waals surface area contributed by atoms with Crippen molar-refractivity contribution in [2.75, 3.05) is 0 Å². The standard InChI is InChI=1S/C23H28N2O/c1-17(19-9-5-4-6-10-19)25-21-12-8-7-11-20(21)24(22(25)26)16-18-13-14-23(2,3)15-18/h4-12,17-18H,13-16H2,1-3H3. The maximum Gasteiger partial charge on any atom is 0.329 e. The van der Waals surface area contributed by atoms with Gasteiger partial charge in [-0.15, -0.1) is 0 Å². The minimum Gasteiger partial charge on any atom is -0.292 e. The quantitative estimate of drug-likeness (QED) is 0.633. The summed E-state index contributed by atoms with van der Waals surface area (Å²) in [6, 6.07) is 18.5. The van der Waals surface area contributed by atoms with Gasteiger partial charge in [-0.3, -0.25) is 9.13 Å². The van der Waals surface area contributed by atoms with Crippen LogP contribution in [0.4, 0.5) is 0 Å². The predicted octanol–water partition coefficient (Wildman–Crippen LogP) is 5.24. The van der Waals surface area contributed by atoms with Crippen molar-refractivity contribution >= 4 is 11.0 Å². The molecule has 4 rings (SSSR count). The van der Waals surface area contributed by atoms with Gasteiger partial charge in [-0.1, -0.05) is 56.3 Å². The van der Waals surface area contributed by atoms with Gasteiger partial charge in [0.05, 0.1) is 17.1 Å². The van der Waals surface area contributed by atoms with E-state index in [9.17, 15) is 4.79 Å². The first-order valence-electron chi connectivity index (χ1n) is 9.71. The van der Waals surface area contributed by atoms with Gasteiger partial charge in [0.2, 0.25) is 0 Å². The Labute approximate surface area is 155 Å². The lowest BCUT2D eigenvalue weighted by Crippen LogP contribution is -2.28. The zero-order chi connectivity index (χ0) is 18.3. The van der Waals surface area contributed by atoms with Crippen molar-refractivity contribution in [1.29, 1.82) is 0 Å². The summed E-state index contributed by atoms with van der Waals surface area (Å²) in [5.41, 5.74) is 3.78. The molecule has 1 saturated carbocycles. The molecule has 0 N–H and O–H groups in total. The summed E-state index contributed by atoms with van der Waals surface area (Å²) >= 11 is 0. The summed E-state index contributed by atoms with van der Waals surface area (Å²) in [7, 11) is 0. The highest BCUT2D eigenvalue weighted by Crippen LogP contribution is 2.41. The average Bonchev–Trinajstić information content (AvgIpc) is 3.12. The topological polar surface area (TPSA) is 26.9 Å². The normalized spacial score (nSPS) is 20.5. The Morgan fingerprint density at radius 2 is 1.69 bits per heavy atom. The Balaban J connectivity index is 1.78. The van der Waals surface area contributed by atoms with Crippen molar-refractivity contribution in [2.45, 2.75) is 52.6 Å². The Morgan fingerprint density at radius 3 is 2.35 bits per heavy atom. The molecule has 0 bridgehead atoms. The average molecular weight is 348 g/mol. The first-order valence-corrected chi connectivity index (χ1v) is 9.71. The molecule has 1 aliphatic carbocycles. The number of imidazole rings is 1. The van der Waals surface area contributed by atoms with Crippen LogP contribution in [0.1, 0.15) is 51.6 Å². The fourth-order valence-corrected chi connectivity index (χ4v) is 4.66. The van der Waals surface area contributed by atoms with Crippen molar-refractivity contribution in [1.82, 2.24) is 9.13 Å². The zero-order valence-corrected chi connectivity index (χ0v) is 16.0. The van der Waals surface area contributed by atoms with Crippen molar-refractivity contribution in [3.05, 3.63) is 70.6 Å². The van der Waals surface area contributed by atoms with Crippen LogP contribution in [0.5, 0.6) is 0 Å². The van der Waals surface area contributed by atoms with Crippen LogP contribution < -0.4 is 5.69 Å². The number of benzene rings is 2. The molecule has 3 nitrogen and oxygen atoms in total. The monoisotopic (exact) mass is 348 g/mol. The molecule has 0 amide bonds. The summed E-state index contributed by atoms with van der Waals surface area (Å²) in [6.07, 6.45) is 3.67. The Bertz CT molecular complexity index is 965. The second-order valence-corrected chi connectivity index (χ2v) is 8.61. The molecule has 0 saturated heterocycles. The van der Waals surface area contributed by atoms with Crippen molar-refractivity contribution < 1.29 is 0 Å². The lowest BCUT2D eigenvalue weighted by Gasteiger charge is -2.17. The number of rotatable bonds is 4. The third-order valence-electron chi connectivity index (χ3n) is 6.05. The predicted molar refractivity (Wildman–Crippen MR) is 108 cm³/mol. The highest BCUT2D eigenvalue weighted by molar-refractivity contribution is 5.76. The molecule has 3 heteroatoms. The smallest absolute Gasteiger partial charge is 0.292 e. The molecular weight excluding hydrogens is 320 g/mol. The Kier molecular flexibility index (Phi) is 4.26. The number of fused-ring (bicyclic) bond motifs is 1. The van der Waals surface area contributed by atoms with E-state index >= 15 is 0 Å². The zero-order valence-electron chi connectivity index (χ0n) is 16.0. The van der Waals surface area contributed by atoms with Gasteiger partial charge in [-0.25, -0.2) is 4.79 Å². The van der Waals surface area contributed by atoms with Gasteiger partial charge in [0.25, 0.3) is 0 Å². The summed E-state index contributed by atoms with van der Waals surface area (Å²) in [6.45, 7) is 7.64. The number of aromatic nitrogens is 2. The summed E-state index contributed by atoms with van der Waals surface area (Å²) < 4.78 is 3.98. The van der Waals surface area contributed by atoms with E-state index in [0.717, 1.165) is 17.6 Å². The SMILES string of the molecule is CC(c1ccccc1)n1c(=O)n(CC2CCC(C)(C)C2)c2ccccc21. The minimum absolute atomic E-state index is 0.0230. The van der Waals surface area contributed by atoms with Gasteiger partial charge < -0.3 is 0 Å². The fraction of sp³-hybridized carbons (Fsp3) is 0.435. The maximum atomic E-state index is 13.4. The minimum atomic E-state index is 0.0230. The van der Waals surface area contributed by atoms with Gasteiger partial charge in [-0.05, 0) is 55.2 Å². The van der Waals surface area contributed by atoms with Gasteiger partial charge in [0.1, 0.15) is 0 Å². The first kappa shape index (κ1) is 17.1. The van der Waals surface area contributed by atoms with E-state index in [4.69, 9.17) is 0 Å². The van der Waals surface area contributed by atoms with Crippen LogP contribution in [0.2, 0.25) is 0 Å². The van der Waals surface area contributed by atoms with Crippen LogP contribution in [-0.2, 0) is 6.54 Å².